The summed E-state index contributed by atoms with van der Waals surface area (Å²) in [6.07, 6.45) is 4.05. The minimum absolute atomic E-state index is 0.0611. The van der Waals surface area contributed by atoms with E-state index in [0.717, 1.165) is 5.56 Å². The number of aromatic nitrogens is 1. The molecular formula is C32H41N5O7. The van der Waals surface area contributed by atoms with Crippen LogP contribution in [0, 0.1) is 18.8 Å². The number of nitrogens with one attached hydrogen (secondary N) is 3. The Morgan fingerprint density at radius 3 is 2.55 bits per heavy atom. The summed E-state index contributed by atoms with van der Waals surface area (Å²) >= 11 is 0. The topological polar surface area (TPSA) is 160 Å². The molecule has 2 aliphatic rings. The van der Waals surface area contributed by atoms with Gasteiger partial charge in [-0.15, -0.1) is 0 Å². The fraction of sp³-hybridized carbons (Fsp3) is 0.500. The minimum Gasteiger partial charge on any atom is -0.463 e. The number of carbonyl (C=O) groups excluding carboxylic acids is 5. The highest BCUT2D eigenvalue weighted by atomic mass is 16.5. The van der Waals surface area contributed by atoms with Crippen molar-refractivity contribution in [3.8, 4) is 0 Å². The van der Waals surface area contributed by atoms with Gasteiger partial charge in [0, 0.05) is 43.1 Å². The number of carbonyl (C=O) groups is 5. The molecule has 44 heavy (non-hydrogen) atoms. The van der Waals surface area contributed by atoms with Crippen LogP contribution < -0.4 is 16.0 Å². The Morgan fingerprint density at radius 2 is 1.93 bits per heavy atom. The van der Waals surface area contributed by atoms with Crippen LogP contribution in [-0.4, -0.2) is 77.5 Å². The van der Waals surface area contributed by atoms with Crippen molar-refractivity contribution in [2.75, 3.05) is 19.7 Å². The van der Waals surface area contributed by atoms with Gasteiger partial charge in [-0.1, -0.05) is 55.4 Å². The van der Waals surface area contributed by atoms with Gasteiger partial charge in [0.05, 0.1) is 6.61 Å². The van der Waals surface area contributed by atoms with Crippen molar-refractivity contribution in [3.63, 3.8) is 0 Å². The van der Waals surface area contributed by atoms with Gasteiger partial charge in [0.25, 0.3) is 5.91 Å². The lowest BCUT2D eigenvalue weighted by molar-refractivity contribution is -0.140. The molecule has 4 amide bonds. The molecule has 12 heteroatoms. The highest BCUT2D eigenvalue weighted by molar-refractivity contribution is 5.97. The van der Waals surface area contributed by atoms with Crippen molar-refractivity contribution in [2.24, 2.45) is 11.8 Å². The van der Waals surface area contributed by atoms with Crippen molar-refractivity contribution < 1.29 is 33.2 Å². The summed E-state index contributed by atoms with van der Waals surface area (Å²) in [6, 6.07) is 8.72. The van der Waals surface area contributed by atoms with Crippen molar-refractivity contribution in [2.45, 2.75) is 71.0 Å². The third-order valence-corrected chi connectivity index (χ3v) is 8.02. The number of hydrogen-bond donors (Lipinski definition) is 3. The van der Waals surface area contributed by atoms with Crippen molar-refractivity contribution >= 4 is 29.6 Å². The number of aryl methyl sites for hydroxylation is 1. The van der Waals surface area contributed by atoms with Crippen molar-refractivity contribution in [1.82, 2.24) is 26.0 Å². The van der Waals surface area contributed by atoms with E-state index < -0.39 is 35.9 Å². The molecule has 2 aliphatic heterocycles. The van der Waals surface area contributed by atoms with E-state index in [1.54, 1.807) is 13.8 Å². The van der Waals surface area contributed by atoms with Crippen LogP contribution in [0.4, 0.5) is 0 Å². The van der Waals surface area contributed by atoms with Crippen LogP contribution in [0.1, 0.15) is 67.8 Å². The zero-order valence-electron chi connectivity index (χ0n) is 25.6. The number of likely N-dealkylation sites (tertiary alicyclic amines) is 1. The Morgan fingerprint density at radius 1 is 1.18 bits per heavy atom. The SMILES string of the molecule is CCOC(=O)C=C[C@H](C[C@@H]1CCNC1=O)NC(=O)[C@@H]1C[C@@H](c2ccccc2)CN1C(=O)[C@@H](NC(=O)c1cc(C)on1)C(C)C. The highest BCUT2D eigenvalue weighted by Crippen LogP contribution is 2.33. The second-order valence-electron chi connectivity index (χ2n) is 11.6. The Labute approximate surface area is 256 Å². The van der Waals surface area contributed by atoms with E-state index in [4.69, 9.17) is 9.26 Å². The van der Waals surface area contributed by atoms with E-state index >= 15 is 0 Å². The fourth-order valence-corrected chi connectivity index (χ4v) is 5.70. The smallest absolute Gasteiger partial charge is 0.330 e. The fourth-order valence-electron chi connectivity index (χ4n) is 5.70. The van der Waals surface area contributed by atoms with Gasteiger partial charge < -0.3 is 30.1 Å². The lowest BCUT2D eigenvalue weighted by atomic mass is 9.95. The molecule has 0 bridgehead atoms. The number of nitrogens with zero attached hydrogens (tertiary/aromatic N) is 2. The van der Waals surface area contributed by atoms with E-state index in [-0.39, 0.29) is 54.8 Å². The minimum atomic E-state index is -0.925. The number of hydrogen-bond acceptors (Lipinski definition) is 8. The molecule has 236 valence electrons. The molecule has 0 aliphatic carbocycles. The van der Waals surface area contributed by atoms with Gasteiger partial charge in [0.1, 0.15) is 17.8 Å². The van der Waals surface area contributed by atoms with Crippen molar-refractivity contribution in [1.29, 1.82) is 0 Å². The Bertz CT molecular complexity index is 1370. The quantitative estimate of drug-likeness (QED) is 0.245. The second-order valence-corrected chi connectivity index (χ2v) is 11.6. The van der Waals surface area contributed by atoms with Gasteiger partial charge in [-0.3, -0.25) is 19.2 Å². The van der Waals surface area contributed by atoms with Crippen LogP contribution in [0.15, 0.2) is 53.1 Å². The van der Waals surface area contributed by atoms with E-state index in [0.29, 0.717) is 25.1 Å². The largest absolute Gasteiger partial charge is 0.463 e. The maximum Gasteiger partial charge on any atom is 0.330 e. The molecule has 2 aromatic rings. The maximum absolute atomic E-state index is 14.1. The summed E-state index contributed by atoms with van der Waals surface area (Å²) in [5.41, 5.74) is 1.05. The van der Waals surface area contributed by atoms with Crippen LogP contribution in [0.2, 0.25) is 0 Å². The average Bonchev–Trinajstić information content (AvgIpc) is 3.75. The zero-order valence-corrected chi connectivity index (χ0v) is 25.6. The molecule has 0 spiro atoms. The highest BCUT2D eigenvalue weighted by Gasteiger charge is 2.43. The summed E-state index contributed by atoms with van der Waals surface area (Å²) in [5.74, 6) is -2.27. The number of benzene rings is 1. The first-order chi connectivity index (χ1) is 21.1. The molecule has 4 rings (SSSR count). The molecular weight excluding hydrogens is 566 g/mol. The van der Waals surface area contributed by atoms with Crippen LogP contribution >= 0.6 is 0 Å². The molecule has 1 aromatic heterocycles. The summed E-state index contributed by atoms with van der Waals surface area (Å²) in [5, 5.41) is 12.3. The number of rotatable bonds is 12. The third-order valence-electron chi connectivity index (χ3n) is 8.02. The Hall–Kier alpha value is -4.48. The molecule has 3 heterocycles. The monoisotopic (exact) mass is 607 g/mol. The predicted molar refractivity (Wildman–Crippen MR) is 160 cm³/mol. The second kappa shape index (κ2) is 14.8. The van der Waals surface area contributed by atoms with E-state index in [9.17, 15) is 24.0 Å². The van der Waals surface area contributed by atoms with E-state index in [2.05, 4.69) is 21.1 Å². The lowest BCUT2D eigenvalue weighted by Crippen LogP contribution is -2.56. The summed E-state index contributed by atoms with van der Waals surface area (Å²) in [6.45, 7) is 8.03. The van der Waals surface area contributed by atoms with Crippen LogP contribution in [0.5, 0.6) is 0 Å². The molecule has 1 aromatic carbocycles. The van der Waals surface area contributed by atoms with E-state index in [1.807, 2.05) is 44.2 Å². The molecule has 0 saturated carbocycles. The maximum atomic E-state index is 14.1. The summed E-state index contributed by atoms with van der Waals surface area (Å²) in [7, 11) is 0. The zero-order chi connectivity index (χ0) is 31.8. The van der Waals surface area contributed by atoms with Gasteiger partial charge >= 0.3 is 5.97 Å². The van der Waals surface area contributed by atoms with E-state index in [1.165, 1.54) is 23.1 Å². The molecule has 0 unspecified atom stereocenters. The number of esters is 1. The lowest BCUT2D eigenvalue weighted by Gasteiger charge is -2.31. The van der Waals surface area contributed by atoms with Crippen molar-refractivity contribution in [3.05, 3.63) is 65.6 Å². The molecule has 2 saturated heterocycles. The first kappa shape index (κ1) is 32.4. The first-order valence-electron chi connectivity index (χ1n) is 15.1. The summed E-state index contributed by atoms with van der Waals surface area (Å²) < 4.78 is 10.0. The molecule has 2 fully saturated rings. The number of amides is 4. The molecule has 12 nitrogen and oxygen atoms in total. The standard InChI is InChI=1S/C32H41N5O7/c1-5-43-27(38)12-11-24(16-22-13-14-33-29(22)39)34-31(41)26-17-23(21-9-7-6-8-10-21)18-37(26)32(42)28(19(2)3)35-30(40)25-15-20(4)44-36-25/h6-12,15,19,22-24,26,28H,5,13-14,16-18H2,1-4H3,(H,33,39)(H,34,41)(H,35,40)/t22-,23+,24+,26-,28-/m0/s1. The van der Waals surface area contributed by atoms with Gasteiger partial charge in [-0.05, 0) is 44.6 Å². The van der Waals surface area contributed by atoms with Gasteiger partial charge in [0.15, 0.2) is 5.69 Å². The Kier molecular flexibility index (Phi) is 10.9. The molecule has 5 atom stereocenters. The van der Waals surface area contributed by atoms with Crippen LogP contribution in [-0.2, 0) is 23.9 Å². The normalized spacial score (nSPS) is 21.2. The molecule has 3 N–H and O–H groups in total. The van der Waals surface area contributed by atoms with Crippen LogP contribution in [0.3, 0.4) is 0 Å². The first-order valence-corrected chi connectivity index (χ1v) is 15.1. The summed E-state index contributed by atoms with van der Waals surface area (Å²) in [4.78, 5) is 66.9. The van der Waals surface area contributed by atoms with Crippen LogP contribution in [0.25, 0.3) is 0 Å². The van der Waals surface area contributed by atoms with Gasteiger partial charge in [-0.2, -0.15) is 0 Å². The van der Waals surface area contributed by atoms with Gasteiger partial charge in [0.2, 0.25) is 17.7 Å². The molecule has 0 radical (unpaired) electrons. The van der Waals surface area contributed by atoms with Gasteiger partial charge in [-0.25, -0.2) is 4.79 Å². The Balaban J connectivity index is 1.58. The average molecular weight is 608 g/mol. The predicted octanol–water partition coefficient (Wildman–Crippen LogP) is 2.25. The number of ether oxygens (including phenoxy) is 1. The third kappa shape index (κ3) is 8.12.